The van der Waals surface area contributed by atoms with Gasteiger partial charge in [-0.2, -0.15) is 5.26 Å². The van der Waals surface area contributed by atoms with Crippen molar-refractivity contribution in [2.75, 3.05) is 26.6 Å². The molecule has 0 saturated heterocycles. The van der Waals surface area contributed by atoms with Crippen molar-refractivity contribution in [2.45, 2.75) is 24.1 Å². The van der Waals surface area contributed by atoms with E-state index in [0.717, 1.165) is 16.8 Å². The highest BCUT2D eigenvalue weighted by molar-refractivity contribution is 8.00. The molecule has 39 heavy (non-hydrogen) atoms. The Balaban J connectivity index is 1.82. The fraction of sp³-hybridized carbons (Fsp3) is 0.194. The van der Waals surface area contributed by atoms with E-state index in [9.17, 15) is 10.1 Å². The lowest BCUT2D eigenvalue weighted by Gasteiger charge is -2.18. The maximum absolute atomic E-state index is 13.1. The molecule has 8 heteroatoms. The number of nitrogens with one attached hydrogen (secondary N) is 1. The van der Waals surface area contributed by atoms with Gasteiger partial charge in [-0.15, -0.1) is 0 Å². The van der Waals surface area contributed by atoms with Crippen LogP contribution in [0.4, 0.5) is 5.69 Å². The molecule has 0 saturated carbocycles. The number of anilines is 1. The van der Waals surface area contributed by atoms with E-state index < -0.39 is 5.25 Å². The standard InChI is InChI=1S/C31H29N3O4S/c1-19-10-9-13-23(14-19)33-30(35)20(2)39-31-25(18-32)24(17-26(34-31)21-11-7-6-8-12-21)22-15-27(36-3)29(38-5)28(16-22)37-4/h6-17,20H,1-5H3,(H,33,35). The smallest absolute Gasteiger partial charge is 0.237 e. The average Bonchev–Trinajstić information content (AvgIpc) is 2.96. The summed E-state index contributed by atoms with van der Waals surface area (Å²) in [4.78, 5) is 17.9. The quantitative estimate of drug-likeness (QED) is 0.235. The van der Waals surface area contributed by atoms with Gasteiger partial charge in [-0.1, -0.05) is 54.2 Å². The monoisotopic (exact) mass is 539 g/mol. The summed E-state index contributed by atoms with van der Waals surface area (Å²) in [5.41, 5.74) is 5.01. The van der Waals surface area contributed by atoms with E-state index in [1.165, 1.54) is 11.8 Å². The highest BCUT2D eigenvalue weighted by Crippen LogP contribution is 2.43. The summed E-state index contributed by atoms with van der Waals surface area (Å²) in [6.45, 7) is 3.77. The number of aromatic nitrogens is 1. The van der Waals surface area contributed by atoms with Gasteiger partial charge in [-0.05, 0) is 55.3 Å². The van der Waals surface area contributed by atoms with Gasteiger partial charge in [-0.25, -0.2) is 4.98 Å². The molecular formula is C31H29N3O4S. The molecule has 1 unspecified atom stereocenters. The molecule has 1 atom stereocenters. The first-order chi connectivity index (χ1) is 18.9. The van der Waals surface area contributed by atoms with Gasteiger partial charge in [0.25, 0.3) is 0 Å². The molecule has 0 fully saturated rings. The third kappa shape index (κ3) is 6.16. The van der Waals surface area contributed by atoms with Gasteiger partial charge in [0.05, 0.1) is 37.8 Å². The number of benzene rings is 3. The molecule has 1 N–H and O–H groups in total. The Hall–Kier alpha value is -4.48. The van der Waals surface area contributed by atoms with E-state index in [-0.39, 0.29) is 5.91 Å². The second kappa shape index (κ2) is 12.4. The van der Waals surface area contributed by atoms with Crippen LogP contribution in [-0.2, 0) is 4.79 Å². The molecule has 0 aliphatic rings. The van der Waals surface area contributed by atoms with E-state index >= 15 is 0 Å². The second-order valence-corrected chi connectivity index (χ2v) is 10.1. The number of hydrogen-bond acceptors (Lipinski definition) is 7. The zero-order valence-corrected chi connectivity index (χ0v) is 23.3. The van der Waals surface area contributed by atoms with Crippen LogP contribution in [0.3, 0.4) is 0 Å². The fourth-order valence-corrected chi connectivity index (χ4v) is 5.05. The zero-order valence-electron chi connectivity index (χ0n) is 22.4. The number of hydrogen-bond donors (Lipinski definition) is 1. The molecule has 198 valence electrons. The van der Waals surface area contributed by atoms with E-state index in [2.05, 4.69) is 11.4 Å². The number of rotatable bonds is 9. The van der Waals surface area contributed by atoms with E-state index in [1.807, 2.05) is 67.6 Å². The normalized spacial score (nSPS) is 11.3. The summed E-state index contributed by atoms with van der Waals surface area (Å²) in [5.74, 6) is 1.20. The number of nitriles is 1. The van der Waals surface area contributed by atoms with Crippen LogP contribution in [0.15, 0.2) is 77.8 Å². The molecule has 4 rings (SSSR count). The Morgan fingerprint density at radius 3 is 2.21 bits per heavy atom. The Morgan fingerprint density at radius 1 is 0.923 bits per heavy atom. The number of methoxy groups -OCH3 is 3. The van der Waals surface area contributed by atoms with Crippen LogP contribution in [0, 0.1) is 18.3 Å². The molecule has 4 aromatic rings. The Bertz CT molecular complexity index is 1510. The van der Waals surface area contributed by atoms with Crippen LogP contribution in [0.5, 0.6) is 17.2 Å². The average molecular weight is 540 g/mol. The number of carbonyl (C=O) groups excluding carboxylic acids is 1. The number of thioether (sulfide) groups is 1. The van der Waals surface area contributed by atoms with Gasteiger partial charge < -0.3 is 19.5 Å². The topological polar surface area (TPSA) is 93.5 Å². The largest absolute Gasteiger partial charge is 0.493 e. The van der Waals surface area contributed by atoms with Crippen molar-refractivity contribution in [2.24, 2.45) is 0 Å². The lowest BCUT2D eigenvalue weighted by molar-refractivity contribution is -0.115. The van der Waals surface area contributed by atoms with E-state index in [4.69, 9.17) is 19.2 Å². The minimum atomic E-state index is -0.524. The van der Waals surface area contributed by atoms with Crippen LogP contribution in [-0.4, -0.2) is 37.5 Å². The molecule has 0 spiro atoms. The first kappa shape index (κ1) is 27.6. The predicted octanol–water partition coefficient (Wildman–Crippen LogP) is 6.74. The molecule has 0 aliphatic heterocycles. The molecule has 0 radical (unpaired) electrons. The highest BCUT2D eigenvalue weighted by atomic mass is 32.2. The lowest BCUT2D eigenvalue weighted by atomic mass is 9.98. The summed E-state index contributed by atoms with van der Waals surface area (Å²) < 4.78 is 16.6. The number of nitrogens with zero attached hydrogens (tertiary/aromatic N) is 2. The minimum absolute atomic E-state index is 0.185. The van der Waals surface area contributed by atoms with Gasteiger partial charge in [0.15, 0.2) is 11.5 Å². The molecule has 0 aliphatic carbocycles. The summed E-state index contributed by atoms with van der Waals surface area (Å²) in [7, 11) is 4.63. The number of ether oxygens (including phenoxy) is 3. The fourth-order valence-electron chi connectivity index (χ4n) is 4.12. The molecule has 7 nitrogen and oxygen atoms in total. The zero-order chi connectivity index (χ0) is 27.9. The van der Waals surface area contributed by atoms with Gasteiger partial charge >= 0.3 is 0 Å². The Labute approximate surface area is 232 Å². The summed E-state index contributed by atoms with van der Waals surface area (Å²) in [6.07, 6.45) is 0. The molecular weight excluding hydrogens is 510 g/mol. The van der Waals surface area contributed by atoms with E-state index in [1.54, 1.807) is 40.4 Å². The van der Waals surface area contributed by atoms with Crippen molar-refractivity contribution in [3.63, 3.8) is 0 Å². The Kier molecular flexibility index (Phi) is 8.74. The number of pyridine rings is 1. The maximum Gasteiger partial charge on any atom is 0.237 e. The lowest BCUT2D eigenvalue weighted by Crippen LogP contribution is -2.22. The molecule has 1 heterocycles. The Morgan fingerprint density at radius 2 is 1.62 bits per heavy atom. The first-order valence-electron chi connectivity index (χ1n) is 12.2. The molecule has 1 amide bonds. The number of aryl methyl sites for hydroxylation is 1. The van der Waals surface area contributed by atoms with Crippen LogP contribution in [0.1, 0.15) is 18.1 Å². The number of carbonyl (C=O) groups is 1. The number of amides is 1. The molecule has 0 bridgehead atoms. The molecule has 1 aromatic heterocycles. The maximum atomic E-state index is 13.1. The van der Waals surface area contributed by atoms with Gasteiger partial charge in [-0.3, -0.25) is 4.79 Å². The first-order valence-corrected chi connectivity index (χ1v) is 13.1. The van der Waals surface area contributed by atoms with Crippen molar-refractivity contribution in [3.05, 3.63) is 83.9 Å². The van der Waals surface area contributed by atoms with Crippen molar-refractivity contribution in [1.29, 1.82) is 5.26 Å². The van der Waals surface area contributed by atoms with Crippen LogP contribution in [0.2, 0.25) is 0 Å². The molecule has 3 aromatic carbocycles. The second-order valence-electron chi connectivity index (χ2n) is 8.75. The third-order valence-corrected chi connectivity index (χ3v) is 7.17. The van der Waals surface area contributed by atoms with Gasteiger partial charge in [0.1, 0.15) is 11.1 Å². The van der Waals surface area contributed by atoms with Crippen LogP contribution >= 0.6 is 11.8 Å². The highest BCUT2D eigenvalue weighted by Gasteiger charge is 2.23. The summed E-state index contributed by atoms with van der Waals surface area (Å²) in [6, 6.07) is 25.1. The van der Waals surface area contributed by atoms with Crippen LogP contribution in [0.25, 0.3) is 22.4 Å². The van der Waals surface area contributed by atoms with Crippen molar-refractivity contribution in [3.8, 4) is 45.7 Å². The SMILES string of the molecule is COc1cc(-c2cc(-c3ccccc3)nc(SC(C)C(=O)Nc3cccc(C)c3)c2C#N)cc(OC)c1OC. The van der Waals surface area contributed by atoms with Gasteiger partial charge in [0.2, 0.25) is 11.7 Å². The van der Waals surface area contributed by atoms with Crippen molar-refractivity contribution < 1.29 is 19.0 Å². The van der Waals surface area contributed by atoms with Crippen LogP contribution < -0.4 is 19.5 Å². The summed E-state index contributed by atoms with van der Waals surface area (Å²) >= 11 is 1.24. The van der Waals surface area contributed by atoms with Crippen molar-refractivity contribution >= 4 is 23.4 Å². The minimum Gasteiger partial charge on any atom is -0.493 e. The predicted molar refractivity (Wildman–Crippen MR) is 155 cm³/mol. The summed E-state index contributed by atoms with van der Waals surface area (Å²) in [5, 5.41) is 13.2. The third-order valence-electron chi connectivity index (χ3n) is 6.09. The van der Waals surface area contributed by atoms with Gasteiger partial charge in [0, 0.05) is 16.8 Å². The van der Waals surface area contributed by atoms with E-state index in [0.29, 0.717) is 44.7 Å². The van der Waals surface area contributed by atoms with Crippen molar-refractivity contribution in [1.82, 2.24) is 4.98 Å².